The molecule has 126 valence electrons. The van der Waals surface area contributed by atoms with E-state index in [4.69, 9.17) is 4.99 Å². The predicted octanol–water partition coefficient (Wildman–Crippen LogP) is 4.83. The van der Waals surface area contributed by atoms with Gasteiger partial charge in [-0.15, -0.1) is 0 Å². The smallest absolute Gasteiger partial charge is 0.0754 e. The minimum absolute atomic E-state index is 0.169. The first-order valence-corrected chi connectivity index (χ1v) is 8.71. The summed E-state index contributed by atoms with van der Waals surface area (Å²) in [5.41, 5.74) is 5.29. The van der Waals surface area contributed by atoms with Crippen molar-refractivity contribution in [2.75, 3.05) is 0 Å². The molecule has 0 radical (unpaired) electrons. The summed E-state index contributed by atoms with van der Waals surface area (Å²) in [7, 11) is 0. The molecule has 0 unspecified atom stereocenters. The van der Waals surface area contributed by atoms with Gasteiger partial charge in [0.2, 0.25) is 0 Å². The molecule has 0 aliphatic carbocycles. The van der Waals surface area contributed by atoms with Crippen molar-refractivity contribution in [2.45, 2.75) is 19.3 Å². The fourth-order valence-corrected chi connectivity index (χ4v) is 3.75. The Morgan fingerprint density at radius 2 is 1.77 bits per heavy atom. The fourth-order valence-electron chi connectivity index (χ4n) is 3.75. The summed E-state index contributed by atoms with van der Waals surface area (Å²) in [6.45, 7) is 4.45. The first-order chi connectivity index (χ1) is 12.6. The lowest BCUT2D eigenvalue weighted by molar-refractivity contribution is 0.738. The van der Waals surface area contributed by atoms with Gasteiger partial charge in [-0.3, -0.25) is 9.98 Å². The molecule has 5 rings (SSSR count). The number of aliphatic imine (C=N–C) groups is 1. The fraction of sp³-hybridized carbons (Fsp3) is 0.136. The van der Waals surface area contributed by atoms with Crippen LogP contribution in [0.4, 0.5) is 5.69 Å². The Balaban J connectivity index is 1.66. The number of hydrogen-bond donors (Lipinski definition) is 0. The third kappa shape index (κ3) is 2.12. The van der Waals surface area contributed by atoms with E-state index >= 15 is 0 Å². The Kier molecular flexibility index (Phi) is 3.10. The van der Waals surface area contributed by atoms with Crippen LogP contribution in [0, 0.1) is 0 Å². The van der Waals surface area contributed by atoms with E-state index in [2.05, 4.69) is 42.3 Å². The van der Waals surface area contributed by atoms with Crippen molar-refractivity contribution in [1.82, 2.24) is 14.8 Å². The molecular formula is C22H18N4. The van der Waals surface area contributed by atoms with Gasteiger partial charge in [0.1, 0.15) is 0 Å². The summed E-state index contributed by atoms with van der Waals surface area (Å²) in [6.07, 6.45) is 7.69. The Morgan fingerprint density at radius 1 is 0.923 bits per heavy atom. The van der Waals surface area contributed by atoms with Crippen LogP contribution in [0.1, 0.15) is 25.0 Å². The lowest BCUT2D eigenvalue weighted by atomic mass is 9.79. The van der Waals surface area contributed by atoms with Crippen molar-refractivity contribution in [2.24, 2.45) is 4.99 Å². The van der Waals surface area contributed by atoms with Crippen molar-refractivity contribution in [1.29, 1.82) is 0 Å². The Hall–Kier alpha value is -3.27. The molecule has 2 aromatic heterocycles. The molecule has 3 heterocycles. The van der Waals surface area contributed by atoms with Gasteiger partial charge in [0.15, 0.2) is 0 Å². The van der Waals surface area contributed by atoms with Crippen molar-refractivity contribution in [3.05, 3.63) is 84.4 Å². The van der Waals surface area contributed by atoms with E-state index in [-0.39, 0.29) is 5.41 Å². The minimum atomic E-state index is -0.169. The van der Waals surface area contributed by atoms with Crippen LogP contribution >= 0.6 is 0 Å². The van der Waals surface area contributed by atoms with Crippen LogP contribution in [0.15, 0.2) is 78.3 Å². The number of pyridine rings is 1. The number of rotatable bonds is 2. The molecule has 2 aromatic carbocycles. The predicted molar refractivity (Wildman–Crippen MR) is 105 cm³/mol. The van der Waals surface area contributed by atoms with E-state index in [0.29, 0.717) is 0 Å². The molecule has 1 aliphatic rings. The molecule has 0 spiro atoms. The molecule has 0 amide bonds. The average Bonchev–Trinajstić information content (AvgIpc) is 3.25. The summed E-state index contributed by atoms with van der Waals surface area (Å²) in [6, 6.07) is 16.5. The molecule has 4 heteroatoms. The van der Waals surface area contributed by atoms with Crippen molar-refractivity contribution in [3.8, 4) is 5.69 Å². The van der Waals surface area contributed by atoms with Gasteiger partial charge in [0.05, 0.1) is 23.3 Å². The Labute approximate surface area is 151 Å². The second-order valence-electron chi connectivity index (χ2n) is 7.15. The van der Waals surface area contributed by atoms with E-state index in [0.717, 1.165) is 33.4 Å². The van der Waals surface area contributed by atoms with Crippen LogP contribution in [0.25, 0.3) is 16.5 Å². The third-order valence-electron chi connectivity index (χ3n) is 5.16. The number of para-hydroxylation sites is 1. The van der Waals surface area contributed by atoms with Gasteiger partial charge in [-0.25, -0.2) is 4.68 Å². The van der Waals surface area contributed by atoms with E-state index in [1.54, 1.807) is 0 Å². The van der Waals surface area contributed by atoms with E-state index in [9.17, 15) is 0 Å². The molecule has 0 saturated heterocycles. The molecule has 4 aromatic rings. The standard InChI is InChI=1S/C22H18N4/c1-22(2)19-9-8-15-12-23-11-10-18(15)20(19)25-21(22)16-13-24-26(14-16)17-6-4-3-5-7-17/h3-14H,1-2H3. The molecule has 4 nitrogen and oxygen atoms in total. The molecule has 1 aliphatic heterocycles. The Morgan fingerprint density at radius 3 is 2.62 bits per heavy atom. The molecular weight excluding hydrogens is 320 g/mol. The highest BCUT2D eigenvalue weighted by Gasteiger charge is 2.37. The molecule has 0 N–H and O–H groups in total. The maximum atomic E-state index is 5.05. The number of hydrogen-bond acceptors (Lipinski definition) is 3. The third-order valence-corrected chi connectivity index (χ3v) is 5.16. The minimum Gasteiger partial charge on any atom is -0.264 e. The molecule has 0 saturated carbocycles. The van der Waals surface area contributed by atoms with Gasteiger partial charge in [0.25, 0.3) is 0 Å². The summed E-state index contributed by atoms with van der Waals surface area (Å²) >= 11 is 0. The van der Waals surface area contributed by atoms with Crippen molar-refractivity contribution >= 4 is 22.2 Å². The van der Waals surface area contributed by atoms with Crippen molar-refractivity contribution in [3.63, 3.8) is 0 Å². The molecule has 0 fully saturated rings. The van der Waals surface area contributed by atoms with Crippen LogP contribution in [-0.2, 0) is 5.41 Å². The van der Waals surface area contributed by atoms with Crippen LogP contribution in [0.3, 0.4) is 0 Å². The first-order valence-electron chi connectivity index (χ1n) is 8.71. The summed E-state index contributed by atoms with van der Waals surface area (Å²) in [5, 5.41) is 6.81. The topological polar surface area (TPSA) is 43.1 Å². The monoisotopic (exact) mass is 338 g/mol. The maximum absolute atomic E-state index is 5.05. The zero-order valence-corrected chi connectivity index (χ0v) is 14.7. The summed E-state index contributed by atoms with van der Waals surface area (Å²) in [5.74, 6) is 0. The quantitative estimate of drug-likeness (QED) is 0.525. The molecule has 26 heavy (non-hydrogen) atoms. The zero-order valence-electron chi connectivity index (χ0n) is 14.7. The zero-order chi connectivity index (χ0) is 17.7. The summed E-state index contributed by atoms with van der Waals surface area (Å²) in [4.78, 5) is 9.27. The second-order valence-corrected chi connectivity index (χ2v) is 7.15. The van der Waals surface area contributed by atoms with E-state index in [1.807, 2.05) is 59.7 Å². The largest absolute Gasteiger partial charge is 0.264 e. The second kappa shape index (κ2) is 5.36. The normalized spacial score (nSPS) is 15.1. The van der Waals surface area contributed by atoms with Crippen LogP contribution < -0.4 is 0 Å². The highest BCUT2D eigenvalue weighted by molar-refractivity contribution is 6.15. The molecule has 0 bridgehead atoms. The van der Waals surface area contributed by atoms with Gasteiger partial charge in [-0.05, 0) is 23.8 Å². The number of fused-ring (bicyclic) bond motifs is 3. The SMILES string of the molecule is CC1(C)C(c2cnn(-c3ccccc3)c2)=Nc2c1ccc1cnccc21. The Bertz CT molecular complexity index is 1150. The van der Waals surface area contributed by atoms with E-state index in [1.165, 1.54) is 5.56 Å². The highest BCUT2D eigenvalue weighted by Crippen LogP contribution is 2.45. The van der Waals surface area contributed by atoms with Crippen LogP contribution in [0.5, 0.6) is 0 Å². The maximum Gasteiger partial charge on any atom is 0.0754 e. The summed E-state index contributed by atoms with van der Waals surface area (Å²) < 4.78 is 1.90. The number of nitrogens with zero attached hydrogens (tertiary/aromatic N) is 4. The van der Waals surface area contributed by atoms with E-state index < -0.39 is 0 Å². The lowest BCUT2D eigenvalue weighted by Gasteiger charge is -2.21. The van der Waals surface area contributed by atoms with Gasteiger partial charge in [-0.1, -0.05) is 44.2 Å². The molecule has 0 atom stereocenters. The van der Waals surface area contributed by atoms with Crippen LogP contribution in [0.2, 0.25) is 0 Å². The van der Waals surface area contributed by atoms with Gasteiger partial charge in [0, 0.05) is 40.3 Å². The van der Waals surface area contributed by atoms with Crippen LogP contribution in [-0.4, -0.2) is 20.5 Å². The first kappa shape index (κ1) is 15.0. The van der Waals surface area contributed by atoms with Crippen molar-refractivity contribution < 1.29 is 0 Å². The van der Waals surface area contributed by atoms with Gasteiger partial charge < -0.3 is 0 Å². The highest BCUT2D eigenvalue weighted by atomic mass is 15.3. The number of benzene rings is 2. The number of aromatic nitrogens is 3. The van der Waals surface area contributed by atoms with Gasteiger partial charge in [-0.2, -0.15) is 5.10 Å². The lowest BCUT2D eigenvalue weighted by Crippen LogP contribution is -2.26. The van der Waals surface area contributed by atoms with Gasteiger partial charge >= 0.3 is 0 Å². The average molecular weight is 338 g/mol.